The van der Waals surface area contributed by atoms with Crippen LogP contribution in [0.2, 0.25) is 0 Å². The van der Waals surface area contributed by atoms with Crippen molar-refractivity contribution in [1.29, 1.82) is 0 Å². The Morgan fingerprint density at radius 2 is 1.96 bits per heavy atom. The van der Waals surface area contributed by atoms with Crippen molar-refractivity contribution >= 4 is 9.84 Å². The van der Waals surface area contributed by atoms with Gasteiger partial charge in [-0.2, -0.15) is 5.10 Å². The third-order valence-electron chi connectivity index (χ3n) is 4.73. The van der Waals surface area contributed by atoms with Crippen molar-refractivity contribution in [1.82, 2.24) is 15.1 Å². The first-order valence-electron chi connectivity index (χ1n) is 8.52. The van der Waals surface area contributed by atoms with Gasteiger partial charge in [0.2, 0.25) is 0 Å². The summed E-state index contributed by atoms with van der Waals surface area (Å²) < 4.78 is 24.9. The zero-order chi connectivity index (χ0) is 17.0. The zero-order valence-electron chi connectivity index (χ0n) is 14.1. The molecule has 1 unspecified atom stereocenters. The van der Waals surface area contributed by atoms with E-state index >= 15 is 0 Å². The highest BCUT2D eigenvalue weighted by Gasteiger charge is 2.23. The molecule has 1 aliphatic heterocycles. The molecule has 3 rings (SSSR count). The van der Waals surface area contributed by atoms with Gasteiger partial charge in [-0.1, -0.05) is 30.3 Å². The molecule has 0 amide bonds. The van der Waals surface area contributed by atoms with Crippen molar-refractivity contribution in [2.24, 2.45) is 5.92 Å². The van der Waals surface area contributed by atoms with Gasteiger partial charge in [0.25, 0.3) is 0 Å². The highest BCUT2D eigenvalue weighted by molar-refractivity contribution is 7.91. The Labute approximate surface area is 144 Å². The van der Waals surface area contributed by atoms with Crippen LogP contribution in [0.25, 0.3) is 0 Å². The lowest BCUT2D eigenvalue weighted by Gasteiger charge is -2.23. The summed E-state index contributed by atoms with van der Waals surface area (Å²) in [6.45, 7) is 3.76. The van der Waals surface area contributed by atoms with Gasteiger partial charge < -0.3 is 5.32 Å². The van der Waals surface area contributed by atoms with Crippen LogP contribution in [-0.2, 0) is 16.4 Å². The van der Waals surface area contributed by atoms with Crippen LogP contribution in [0.4, 0.5) is 0 Å². The quantitative estimate of drug-likeness (QED) is 0.871. The smallest absolute Gasteiger partial charge is 0.150 e. The minimum Gasteiger partial charge on any atom is -0.310 e. The Kier molecular flexibility index (Phi) is 5.36. The monoisotopic (exact) mass is 347 g/mol. The van der Waals surface area contributed by atoms with E-state index in [2.05, 4.69) is 35.7 Å². The van der Waals surface area contributed by atoms with Crippen LogP contribution in [0.3, 0.4) is 0 Å². The fraction of sp³-hybridized carbons (Fsp3) is 0.500. The van der Waals surface area contributed by atoms with Crippen LogP contribution in [-0.4, -0.2) is 36.2 Å². The van der Waals surface area contributed by atoms with Crippen molar-refractivity contribution < 1.29 is 8.42 Å². The average Bonchev–Trinajstić information content (AvgIpc) is 3.03. The largest absolute Gasteiger partial charge is 0.310 e. The number of sulfone groups is 1. The maximum Gasteiger partial charge on any atom is 0.150 e. The van der Waals surface area contributed by atoms with Crippen molar-refractivity contribution in [3.8, 4) is 0 Å². The molecule has 1 aromatic carbocycles. The molecule has 0 saturated carbocycles. The number of hydrogen-bond donors (Lipinski definition) is 1. The minimum atomic E-state index is -2.77. The van der Waals surface area contributed by atoms with Crippen molar-refractivity contribution in [3.63, 3.8) is 0 Å². The van der Waals surface area contributed by atoms with Gasteiger partial charge in [0, 0.05) is 17.8 Å². The standard InChI is InChI=1S/C18H25N3O2S/c1-15(19-11-16-7-9-24(22,23)10-8-16)18-12-20-21(14-18)13-17-5-3-2-4-6-17/h2-6,12,14-16,19H,7-11,13H2,1H3. The molecule has 0 aliphatic carbocycles. The van der Waals surface area contributed by atoms with E-state index in [1.165, 1.54) is 5.56 Å². The molecule has 1 N–H and O–H groups in total. The van der Waals surface area contributed by atoms with E-state index in [-0.39, 0.29) is 6.04 Å². The third kappa shape index (κ3) is 4.68. The van der Waals surface area contributed by atoms with Gasteiger partial charge in [-0.15, -0.1) is 0 Å². The zero-order valence-corrected chi connectivity index (χ0v) is 14.9. The van der Waals surface area contributed by atoms with E-state index < -0.39 is 9.84 Å². The molecule has 1 aliphatic rings. The van der Waals surface area contributed by atoms with E-state index in [1.807, 2.05) is 29.1 Å². The summed E-state index contributed by atoms with van der Waals surface area (Å²) in [5, 5.41) is 7.97. The van der Waals surface area contributed by atoms with Crippen LogP contribution in [0.5, 0.6) is 0 Å². The van der Waals surface area contributed by atoms with Crippen molar-refractivity contribution in [3.05, 3.63) is 53.9 Å². The normalized spacial score (nSPS) is 19.2. The van der Waals surface area contributed by atoms with Crippen molar-refractivity contribution in [2.75, 3.05) is 18.1 Å². The number of hydrogen-bond acceptors (Lipinski definition) is 4. The van der Waals surface area contributed by atoms with Crippen LogP contribution in [0.1, 0.15) is 36.9 Å². The highest BCUT2D eigenvalue weighted by atomic mass is 32.2. The first kappa shape index (κ1) is 17.2. The van der Waals surface area contributed by atoms with Crippen LogP contribution in [0.15, 0.2) is 42.7 Å². The second-order valence-corrected chi connectivity index (χ2v) is 8.99. The summed E-state index contributed by atoms with van der Waals surface area (Å²) >= 11 is 0. The van der Waals surface area contributed by atoms with Gasteiger partial charge in [0.1, 0.15) is 9.84 Å². The highest BCUT2D eigenvalue weighted by Crippen LogP contribution is 2.20. The summed E-state index contributed by atoms with van der Waals surface area (Å²) in [6, 6.07) is 10.5. The topological polar surface area (TPSA) is 64.0 Å². The van der Waals surface area contributed by atoms with Crippen LogP contribution in [0, 0.1) is 5.92 Å². The summed E-state index contributed by atoms with van der Waals surface area (Å²) in [4.78, 5) is 0. The van der Waals surface area contributed by atoms with Crippen LogP contribution < -0.4 is 5.32 Å². The number of nitrogens with one attached hydrogen (secondary N) is 1. The molecule has 5 nitrogen and oxygen atoms in total. The molecule has 6 heteroatoms. The number of benzene rings is 1. The molecule has 0 radical (unpaired) electrons. The lowest BCUT2D eigenvalue weighted by atomic mass is 10.0. The Bertz CT molecular complexity index is 742. The summed E-state index contributed by atoms with van der Waals surface area (Å²) in [7, 11) is -2.77. The summed E-state index contributed by atoms with van der Waals surface area (Å²) in [6.07, 6.45) is 5.53. The lowest BCUT2D eigenvalue weighted by Crippen LogP contribution is -2.32. The molecule has 1 atom stereocenters. The fourth-order valence-corrected chi connectivity index (χ4v) is 4.65. The molecule has 2 aromatic rings. The van der Waals surface area contributed by atoms with E-state index in [9.17, 15) is 8.42 Å². The SMILES string of the molecule is CC(NCC1CCS(=O)(=O)CC1)c1cnn(Cc2ccccc2)c1. The van der Waals surface area contributed by atoms with Gasteiger partial charge >= 0.3 is 0 Å². The van der Waals surface area contributed by atoms with Gasteiger partial charge in [-0.25, -0.2) is 8.42 Å². The van der Waals surface area contributed by atoms with E-state index in [4.69, 9.17) is 0 Å². The number of rotatable bonds is 6. The van der Waals surface area contributed by atoms with Crippen LogP contribution >= 0.6 is 0 Å². The second kappa shape index (κ2) is 7.49. The molecular formula is C18H25N3O2S. The molecular weight excluding hydrogens is 322 g/mol. The third-order valence-corrected chi connectivity index (χ3v) is 6.44. The predicted molar refractivity (Wildman–Crippen MR) is 95.6 cm³/mol. The number of aromatic nitrogens is 2. The Morgan fingerprint density at radius 3 is 2.67 bits per heavy atom. The molecule has 130 valence electrons. The first-order chi connectivity index (χ1) is 11.5. The Morgan fingerprint density at radius 1 is 1.25 bits per heavy atom. The lowest BCUT2D eigenvalue weighted by molar-refractivity contribution is 0.410. The summed E-state index contributed by atoms with van der Waals surface area (Å²) in [5.74, 6) is 1.13. The van der Waals surface area contributed by atoms with E-state index in [1.54, 1.807) is 0 Å². The van der Waals surface area contributed by atoms with Gasteiger partial charge in [0.05, 0.1) is 24.2 Å². The first-order valence-corrected chi connectivity index (χ1v) is 10.3. The summed E-state index contributed by atoms with van der Waals surface area (Å²) in [5.41, 5.74) is 2.39. The second-order valence-electron chi connectivity index (χ2n) is 6.68. The van der Waals surface area contributed by atoms with Gasteiger partial charge in [-0.3, -0.25) is 4.68 Å². The molecule has 0 bridgehead atoms. The van der Waals surface area contributed by atoms with E-state index in [0.29, 0.717) is 17.4 Å². The maximum absolute atomic E-state index is 11.5. The van der Waals surface area contributed by atoms with E-state index in [0.717, 1.165) is 31.5 Å². The minimum absolute atomic E-state index is 0.216. The molecule has 1 saturated heterocycles. The molecule has 1 fully saturated rings. The Hall–Kier alpha value is -1.66. The Balaban J connectivity index is 1.50. The van der Waals surface area contributed by atoms with Gasteiger partial charge in [0.15, 0.2) is 0 Å². The molecule has 0 spiro atoms. The predicted octanol–water partition coefficient (Wildman–Crippen LogP) is 2.41. The molecule has 24 heavy (non-hydrogen) atoms. The van der Waals surface area contributed by atoms with Gasteiger partial charge in [-0.05, 0) is 37.8 Å². The fourth-order valence-electron chi connectivity index (χ4n) is 3.06. The molecule has 2 heterocycles. The molecule has 1 aromatic heterocycles. The number of nitrogens with zero attached hydrogens (tertiary/aromatic N) is 2. The average molecular weight is 347 g/mol. The van der Waals surface area contributed by atoms with Crippen molar-refractivity contribution in [2.45, 2.75) is 32.4 Å². The maximum atomic E-state index is 11.5.